The molecular weight excluding hydrogens is 318 g/mol. The maximum Gasteiger partial charge on any atom is 0.227 e. The van der Waals surface area contributed by atoms with Gasteiger partial charge >= 0.3 is 0 Å². The van der Waals surface area contributed by atoms with E-state index in [0.29, 0.717) is 18.1 Å². The molecule has 0 aromatic heterocycles. The Morgan fingerprint density at radius 3 is 2.58 bits per heavy atom. The second-order valence-electron chi connectivity index (χ2n) is 5.94. The molecule has 3 rings (SSSR count). The maximum absolute atomic E-state index is 11.8. The van der Waals surface area contributed by atoms with Gasteiger partial charge in [-0.2, -0.15) is 0 Å². The Hall–Kier alpha value is -2.40. The highest BCUT2D eigenvalue weighted by Gasteiger charge is 2.21. The molecule has 0 unspecified atom stereocenters. The summed E-state index contributed by atoms with van der Waals surface area (Å²) >= 11 is 5.35. The van der Waals surface area contributed by atoms with Gasteiger partial charge < -0.3 is 15.5 Å². The molecular formula is C19H21N3OS. The third-order valence-corrected chi connectivity index (χ3v) is 4.41. The number of para-hydroxylation sites is 1. The molecule has 0 saturated carbocycles. The molecule has 2 N–H and O–H groups in total. The van der Waals surface area contributed by atoms with Crippen LogP contribution in [0.15, 0.2) is 48.5 Å². The van der Waals surface area contributed by atoms with Gasteiger partial charge in [-0.05, 0) is 54.9 Å². The van der Waals surface area contributed by atoms with Crippen LogP contribution in [-0.4, -0.2) is 17.6 Å². The van der Waals surface area contributed by atoms with Crippen LogP contribution in [0.4, 0.5) is 11.4 Å². The Morgan fingerprint density at radius 1 is 1.17 bits per heavy atom. The number of aryl methyl sites for hydroxylation is 1. The maximum atomic E-state index is 11.8. The Morgan fingerprint density at radius 2 is 1.92 bits per heavy atom. The summed E-state index contributed by atoms with van der Waals surface area (Å²) in [5.74, 6) is 0.212. The zero-order valence-corrected chi connectivity index (χ0v) is 14.5. The van der Waals surface area contributed by atoms with Gasteiger partial charge in [0.2, 0.25) is 5.91 Å². The van der Waals surface area contributed by atoms with Crippen LogP contribution in [-0.2, 0) is 11.3 Å². The SMILES string of the molecule is Cc1ccccc1NC(=S)NCc1ccc(N2CCCC2=O)cc1. The van der Waals surface area contributed by atoms with Gasteiger partial charge in [-0.15, -0.1) is 0 Å². The van der Waals surface area contributed by atoms with Crippen molar-refractivity contribution in [2.45, 2.75) is 26.3 Å². The predicted octanol–water partition coefficient (Wildman–Crippen LogP) is 3.61. The molecule has 1 aliphatic heterocycles. The van der Waals surface area contributed by atoms with Gasteiger partial charge in [-0.3, -0.25) is 4.79 Å². The third kappa shape index (κ3) is 3.92. The summed E-state index contributed by atoms with van der Waals surface area (Å²) in [7, 11) is 0. The molecule has 2 aromatic rings. The van der Waals surface area contributed by atoms with Gasteiger partial charge in [0.1, 0.15) is 0 Å². The topological polar surface area (TPSA) is 44.4 Å². The van der Waals surface area contributed by atoms with Gasteiger partial charge in [-0.25, -0.2) is 0 Å². The Balaban J connectivity index is 1.54. The molecule has 5 heteroatoms. The molecule has 4 nitrogen and oxygen atoms in total. The normalized spacial score (nSPS) is 13.9. The van der Waals surface area contributed by atoms with E-state index in [-0.39, 0.29) is 5.91 Å². The van der Waals surface area contributed by atoms with Crippen LogP contribution in [0.2, 0.25) is 0 Å². The number of carbonyl (C=O) groups excluding carboxylic acids is 1. The second kappa shape index (κ2) is 7.45. The number of benzene rings is 2. The Kier molecular flexibility index (Phi) is 5.11. The minimum Gasteiger partial charge on any atom is -0.358 e. The molecule has 0 aliphatic carbocycles. The van der Waals surface area contributed by atoms with Crippen LogP contribution < -0.4 is 15.5 Å². The molecule has 0 radical (unpaired) electrons. The van der Waals surface area contributed by atoms with E-state index in [2.05, 4.69) is 10.6 Å². The summed E-state index contributed by atoms with van der Waals surface area (Å²) in [6.07, 6.45) is 1.60. The lowest BCUT2D eigenvalue weighted by Crippen LogP contribution is -2.28. The van der Waals surface area contributed by atoms with Crippen LogP contribution >= 0.6 is 12.2 Å². The number of thiocarbonyl (C=S) groups is 1. The van der Waals surface area contributed by atoms with Crippen LogP contribution in [0.25, 0.3) is 0 Å². The average molecular weight is 339 g/mol. The molecule has 1 amide bonds. The van der Waals surface area contributed by atoms with E-state index >= 15 is 0 Å². The molecule has 0 bridgehead atoms. The fourth-order valence-electron chi connectivity index (χ4n) is 2.78. The largest absolute Gasteiger partial charge is 0.358 e. The molecule has 0 atom stereocenters. The molecule has 24 heavy (non-hydrogen) atoms. The second-order valence-corrected chi connectivity index (χ2v) is 6.35. The highest BCUT2D eigenvalue weighted by molar-refractivity contribution is 7.80. The standard InChI is InChI=1S/C19H21N3OS/c1-14-5-2-3-6-17(14)21-19(24)20-13-15-8-10-16(11-9-15)22-12-4-7-18(22)23/h2-3,5-6,8-11H,4,7,12-13H2,1H3,(H2,20,21,24). The molecule has 1 fully saturated rings. The van der Waals surface area contributed by atoms with Crippen molar-refractivity contribution >= 4 is 34.6 Å². The van der Waals surface area contributed by atoms with E-state index in [1.165, 1.54) is 0 Å². The smallest absolute Gasteiger partial charge is 0.227 e. The number of hydrogen-bond donors (Lipinski definition) is 2. The van der Waals surface area contributed by atoms with Crippen molar-refractivity contribution in [3.05, 3.63) is 59.7 Å². The summed E-state index contributed by atoms with van der Waals surface area (Å²) < 4.78 is 0. The van der Waals surface area contributed by atoms with Crippen LogP contribution in [0, 0.1) is 6.92 Å². The van der Waals surface area contributed by atoms with E-state index < -0.39 is 0 Å². The lowest BCUT2D eigenvalue weighted by atomic mass is 10.2. The zero-order chi connectivity index (χ0) is 16.9. The highest BCUT2D eigenvalue weighted by Crippen LogP contribution is 2.21. The average Bonchev–Trinajstić information content (AvgIpc) is 3.02. The summed E-state index contributed by atoms with van der Waals surface area (Å²) in [4.78, 5) is 13.6. The van der Waals surface area contributed by atoms with Crippen LogP contribution in [0.1, 0.15) is 24.0 Å². The fraction of sp³-hybridized carbons (Fsp3) is 0.263. The van der Waals surface area contributed by atoms with Crippen molar-refractivity contribution in [2.24, 2.45) is 0 Å². The third-order valence-electron chi connectivity index (χ3n) is 4.17. The Bertz CT molecular complexity index is 743. The van der Waals surface area contributed by atoms with Gasteiger partial charge in [-0.1, -0.05) is 30.3 Å². The number of hydrogen-bond acceptors (Lipinski definition) is 2. The van der Waals surface area contributed by atoms with E-state index in [1.54, 1.807) is 0 Å². The van der Waals surface area contributed by atoms with Gasteiger partial charge in [0.15, 0.2) is 5.11 Å². The lowest BCUT2D eigenvalue weighted by Gasteiger charge is -2.16. The first kappa shape index (κ1) is 16.5. The van der Waals surface area contributed by atoms with Crippen molar-refractivity contribution in [1.82, 2.24) is 5.32 Å². The molecule has 2 aromatic carbocycles. The fourth-order valence-corrected chi connectivity index (χ4v) is 2.96. The lowest BCUT2D eigenvalue weighted by molar-refractivity contribution is -0.117. The minimum atomic E-state index is 0.212. The van der Waals surface area contributed by atoms with Gasteiger partial charge in [0.05, 0.1) is 0 Å². The van der Waals surface area contributed by atoms with E-state index in [4.69, 9.17) is 12.2 Å². The number of rotatable bonds is 4. The quantitative estimate of drug-likeness (QED) is 0.835. The number of amides is 1. The van der Waals surface area contributed by atoms with E-state index in [0.717, 1.165) is 35.5 Å². The Labute approximate surface area is 147 Å². The van der Waals surface area contributed by atoms with E-state index in [1.807, 2.05) is 60.4 Å². The van der Waals surface area contributed by atoms with Crippen LogP contribution in [0.5, 0.6) is 0 Å². The molecule has 1 saturated heterocycles. The summed E-state index contributed by atoms with van der Waals surface area (Å²) in [6, 6.07) is 16.1. The summed E-state index contributed by atoms with van der Waals surface area (Å²) in [5, 5.41) is 7.02. The first-order valence-corrected chi connectivity index (χ1v) is 8.54. The monoisotopic (exact) mass is 339 g/mol. The number of nitrogens with one attached hydrogen (secondary N) is 2. The predicted molar refractivity (Wildman–Crippen MR) is 102 cm³/mol. The van der Waals surface area contributed by atoms with Gasteiger partial charge in [0, 0.05) is 30.9 Å². The van der Waals surface area contributed by atoms with Gasteiger partial charge in [0.25, 0.3) is 0 Å². The molecule has 0 spiro atoms. The van der Waals surface area contributed by atoms with Crippen molar-refractivity contribution in [1.29, 1.82) is 0 Å². The first-order chi connectivity index (χ1) is 11.6. The number of nitrogens with zero attached hydrogens (tertiary/aromatic N) is 1. The zero-order valence-electron chi connectivity index (χ0n) is 13.7. The summed E-state index contributed by atoms with van der Waals surface area (Å²) in [5.41, 5.74) is 4.26. The van der Waals surface area contributed by atoms with Crippen LogP contribution in [0.3, 0.4) is 0 Å². The summed E-state index contributed by atoms with van der Waals surface area (Å²) in [6.45, 7) is 3.51. The van der Waals surface area contributed by atoms with E-state index in [9.17, 15) is 4.79 Å². The minimum absolute atomic E-state index is 0.212. The number of carbonyl (C=O) groups is 1. The number of anilines is 2. The van der Waals surface area contributed by atoms with Crippen molar-refractivity contribution in [2.75, 3.05) is 16.8 Å². The molecule has 1 aliphatic rings. The first-order valence-electron chi connectivity index (χ1n) is 8.13. The van der Waals surface area contributed by atoms with Crippen molar-refractivity contribution in [3.8, 4) is 0 Å². The molecule has 124 valence electrons. The van der Waals surface area contributed by atoms with Crippen molar-refractivity contribution < 1.29 is 4.79 Å². The molecule has 1 heterocycles. The van der Waals surface area contributed by atoms with Crippen molar-refractivity contribution in [3.63, 3.8) is 0 Å². The highest BCUT2D eigenvalue weighted by atomic mass is 32.1.